The van der Waals surface area contributed by atoms with Crippen molar-refractivity contribution < 1.29 is 4.73 Å². The number of allylic oxidation sites excluding steroid dienone is 1. The van der Waals surface area contributed by atoms with Gasteiger partial charge in [-0.15, -0.1) is 0 Å². The van der Waals surface area contributed by atoms with Gasteiger partial charge < -0.3 is 5.21 Å². The first-order chi connectivity index (χ1) is 5.83. The first-order valence-corrected chi connectivity index (χ1v) is 4.42. The zero-order chi connectivity index (χ0) is 8.81. The first kappa shape index (κ1) is 9.13. The van der Waals surface area contributed by atoms with Crippen LogP contribution in [-0.2, 0) is 0 Å². The molecule has 0 saturated heterocycles. The molecule has 2 nitrogen and oxygen atoms in total. The topological polar surface area (TPSA) is 26.9 Å². The monoisotopic (exact) mass is 181 g/mol. The molecule has 0 N–H and O–H groups in total. The Balaban J connectivity index is 2.63. The molecular weight excluding hydrogens is 170 g/mol. The predicted molar refractivity (Wildman–Crippen MR) is 52.9 cm³/mol. The summed E-state index contributed by atoms with van der Waals surface area (Å²) in [6.45, 7) is 0. The fourth-order valence-corrected chi connectivity index (χ4v) is 1.01. The van der Waals surface area contributed by atoms with E-state index in [0.717, 1.165) is 22.5 Å². The molecule has 0 aliphatic rings. The summed E-state index contributed by atoms with van der Waals surface area (Å²) in [5.41, 5.74) is 0.925. The molecular formula is C9H11NOS. The minimum Gasteiger partial charge on any atom is -0.619 e. The van der Waals surface area contributed by atoms with Gasteiger partial charge in [-0.2, -0.15) is 17.4 Å². The Hall–Kier alpha value is -0.960. The van der Waals surface area contributed by atoms with Crippen LogP contribution in [-0.4, -0.2) is 5.75 Å². The quantitative estimate of drug-likeness (QED) is 0.428. The van der Waals surface area contributed by atoms with Crippen molar-refractivity contribution in [2.45, 2.75) is 6.42 Å². The molecule has 1 heterocycles. The Morgan fingerprint density at radius 3 is 3.08 bits per heavy atom. The average molecular weight is 181 g/mol. The molecule has 3 heteroatoms. The zero-order valence-electron chi connectivity index (χ0n) is 6.68. The number of thiol groups is 1. The maximum absolute atomic E-state index is 10.8. The molecule has 0 aliphatic carbocycles. The number of pyridine rings is 1. The van der Waals surface area contributed by atoms with Crippen molar-refractivity contribution in [1.82, 2.24) is 0 Å². The molecule has 0 fully saturated rings. The molecule has 0 aliphatic heterocycles. The van der Waals surface area contributed by atoms with Crippen LogP contribution in [0.4, 0.5) is 0 Å². The standard InChI is InChI=1S/C9H11NOS/c11-10-6-3-5-9(8-10)4-1-2-7-12/h1,3-6,8,12H,2,7H2. The minimum absolute atomic E-state index is 0.792. The molecule has 1 aromatic heterocycles. The van der Waals surface area contributed by atoms with Gasteiger partial charge in [-0.05, 0) is 18.2 Å². The zero-order valence-corrected chi connectivity index (χ0v) is 7.58. The van der Waals surface area contributed by atoms with E-state index in [1.54, 1.807) is 6.07 Å². The Bertz CT molecular complexity index is 273. The highest BCUT2D eigenvalue weighted by atomic mass is 32.1. The lowest BCUT2D eigenvalue weighted by atomic mass is 10.2. The fraction of sp³-hybridized carbons (Fsp3) is 0.222. The van der Waals surface area contributed by atoms with Crippen LogP contribution in [0.1, 0.15) is 12.0 Å². The molecule has 0 bridgehead atoms. The van der Waals surface area contributed by atoms with Gasteiger partial charge in [0.1, 0.15) is 0 Å². The van der Waals surface area contributed by atoms with Crippen LogP contribution in [0.5, 0.6) is 0 Å². The number of rotatable bonds is 3. The van der Waals surface area contributed by atoms with Crippen LogP contribution >= 0.6 is 12.6 Å². The van der Waals surface area contributed by atoms with Gasteiger partial charge >= 0.3 is 0 Å². The van der Waals surface area contributed by atoms with Crippen LogP contribution < -0.4 is 4.73 Å². The Labute approximate surface area is 77.5 Å². The van der Waals surface area contributed by atoms with Crippen molar-refractivity contribution in [2.75, 3.05) is 5.75 Å². The fourth-order valence-electron chi connectivity index (χ4n) is 0.865. The van der Waals surface area contributed by atoms with Crippen LogP contribution in [0.2, 0.25) is 0 Å². The van der Waals surface area contributed by atoms with E-state index >= 15 is 0 Å². The third-order valence-corrected chi connectivity index (χ3v) is 1.66. The average Bonchev–Trinajstić information content (AvgIpc) is 2.05. The first-order valence-electron chi connectivity index (χ1n) is 3.79. The molecule has 12 heavy (non-hydrogen) atoms. The van der Waals surface area contributed by atoms with Gasteiger partial charge in [0.25, 0.3) is 0 Å². The Morgan fingerprint density at radius 2 is 2.42 bits per heavy atom. The van der Waals surface area contributed by atoms with E-state index in [2.05, 4.69) is 12.6 Å². The van der Waals surface area contributed by atoms with Crippen LogP contribution in [0.25, 0.3) is 6.08 Å². The maximum atomic E-state index is 10.8. The third kappa shape index (κ3) is 2.96. The predicted octanol–water partition coefficient (Wildman–Crippen LogP) is 1.65. The van der Waals surface area contributed by atoms with Crippen LogP contribution in [0.3, 0.4) is 0 Å². The summed E-state index contributed by atoms with van der Waals surface area (Å²) in [7, 11) is 0. The van der Waals surface area contributed by atoms with E-state index < -0.39 is 0 Å². The molecule has 0 atom stereocenters. The molecule has 0 amide bonds. The highest BCUT2D eigenvalue weighted by Gasteiger charge is 1.90. The van der Waals surface area contributed by atoms with E-state index in [1.807, 2.05) is 18.2 Å². The number of hydrogen-bond acceptors (Lipinski definition) is 2. The molecule has 0 aromatic carbocycles. The van der Waals surface area contributed by atoms with Crippen molar-refractivity contribution >= 4 is 18.7 Å². The molecule has 1 rings (SSSR count). The number of hydrogen-bond donors (Lipinski definition) is 1. The van der Waals surface area contributed by atoms with E-state index in [0.29, 0.717) is 0 Å². The van der Waals surface area contributed by atoms with Crippen molar-refractivity contribution in [3.05, 3.63) is 41.4 Å². The summed E-state index contributed by atoms with van der Waals surface area (Å²) in [5, 5.41) is 10.8. The highest BCUT2D eigenvalue weighted by molar-refractivity contribution is 7.80. The van der Waals surface area contributed by atoms with Crippen LogP contribution in [0, 0.1) is 5.21 Å². The number of nitrogens with zero attached hydrogens (tertiary/aromatic N) is 1. The second-order valence-electron chi connectivity index (χ2n) is 2.41. The van der Waals surface area contributed by atoms with Crippen molar-refractivity contribution in [3.63, 3.8) is 0 Å². The van der Waals surface area contributed by atoms with Gasteiger partial charge in [0, 0.05) is 11.6 Å². The molecule has 64 valence electrons. The van der Waals surface area contributed by atoms with Gasteiger partial charge in [-0.3, -0.25) is 0 Å². The lowest BCUT2D eigenvalue weighted by Gasteiger charge is -1.94. The third-order valence-electron chi connectivity index (χ3n) is 1.40. The summed E-state index contributed by atoms with van der Waals surface area (Å²) >= 11 is 4.07. The van der Waals surface area contributed by atoms with Gasteiger partial charge in [0.05, 0.1) is 0 Å². The minimum atomic E-state index is 0.792. The summed E-state index contributed by atoms with van der Waals surface area (Å²) in [6.07, 6.45) is 7.86. The largest absolute Gasteiger partial charge is 0.619 e. The molecule has 1 aromatic rings. The summed E-state index contributed by atoms with van der Waals surface area (Å²) in [5.74, 6) is 0.834. The number of aromatic nitrogens is 1. The molecule has 0 radical (unpaired) electrons. The summed E-state index contributed by atoms with van der Waals surface area (Å²) in [4.78, 5) is 0. The Morgan fingerprint density at radius 1 is 1.58 bits per heavy atom. The summed E-state index contributed by atoms with van der Waals surface area (Å²) < 4.78 is 0.792. The van der Waals surface area contributed by atoms with E-state index in [9.17, 15) is 5.21 Å². The van der Waals surface area contributed by atoms with Gasteiger partial charge in [-0.1, -0.05) is 12.2 Å². The second-order valence-corrected chi connectivity index (χ2v) is 2.86. The normalized spacial score (nSPS) is 10.8. The smallest absolute Gasteiger partial charge is 0.187 e. The molecule has 0 saturated carbocycles. The SMILES string of the molecule is [O-][n+]1cccc(C=CCCS)c1. The molecule has 0 unspecified atom stereocenters. The Kier molecular flexibility index (Phi) is 3.67. The lowest BCUT2D eigenvalue weighted by molar-refractivity contribution is -0.605. The van der Waals surface area contributed by atoms with E-state index in [4.69, 9.17) is 0 Å². The second kappa shape index (κ2) is 4.83. The van der Waals surface area contributed by atoms with E-state index in [1.165, 1.54) is 12.4 Å². The van der Waals surface area contributed by atoms with Gasteiger partial charge in [0.15, 0.2) is 12.4 Å². The lowest BCUT2D eigenvalue weighted by Crippen LogP contribution is -2.24. The van der Waals surface area contributed by atoms with Gasteiger partial charge in [-0.25, -0.2) is 0 Å². The summed E-state index contributed by atoms with van der Waals surface area (Å²) in [6, 6.07) is 3.62. The van der Waals surface area contributed by atoms with Crippen molar-refractivity contribution in [2.24, 2.45) is 0 Å². The van der Waals surface area contributed by atoms with Crippen molar-refractivity contribution in [1.29, 1.82) is 0 Å². The van der Waals surface area contributed by atoms with Gasteiger partial charge in [0.2, 0.25) is 0 Å². The highest BCUT2D eigenvalue weighted by Crippen LogP contribution is 1.98. The van der Waals surface area contributed by atoms with Crippen molar-refractivity contribution in [3.8, 4) is 0 Å². The molecule has 0 spiro atoms. The maximum Gasteiger partial charge on any atom is 0.187 e. The van der Waals surface area contributed by atoms with Crippen LogP contribution in [0.15, 0.2) is 30.6 Å². The van der Waals surface area contributed by atoms with E-state index in [-0.39, 0.29) is 0 Å².